The number of hydrogen-bond donors (Lipinski definition) is 0. The smallest absolute Gasteiger partial charge is 0.320 e. The Labute approximate surface area is 119 Å². The van der Waals surface area contributed by atoms with Crippen LogP contribution in [-0.4, -0.2) is 21.8 Å². The molecule has 1 aromatic heterocycles. The number of rotatable bonds is 1. The van der Waals surface area contributed by atoms with E-state index in [1.807, 2.05) is 13.8 Å². The fraction of sp³-hybridized carbons (Fsp3) is 0.714. The first-order chi connectivity index (χ1) is 9.22. The van der Waals surface area contributed by atoms with E-state index in [4.69, 9.17) is 0 Å². The second-order valence-corrected chi connectivity index (χ2v) is 4.03. The van der Waals surface area contributed by atoms with Gasteiger partial charge in [0.05, 0.1) is 0 Å². The van der Waals surface area contributed by atoms with Gasteiger partial charge in [-0.2, -0.15) is 13.2 Å². The number of nitrogens with zero attached hydrogens (tertiary/aromatic N) is 3. The van der Waals surface area contributed by atoms with Gasteiger partial charge in [-0.15, -0.1) is 0 Å². The van der Waals surface area contributed by atoms with Gasteiger partial charge in [0.15, 0.2) is 0 Å². The molecule has 0 spiro atoms. The number of alkyl halides is 3. The largest absolute Gasteiger partial charge is 0.410 e. The molecule has 0 aliphatic rings. The minimum absolute atomic E-state index is 0.0832. The molecule has 6 heteroatoms. The Hall–Kier alpha value is -1.33. The molecule has 0 radical (unpaired) electrons. The van der Waals surface area contributed by atoms with Crippen LogP contribution in [0.2, 0.25) is 0 Å². The van der Waals surface area contributed by atoms with E-state index in [0.29, 0.717) is 5.69 Å². The van der Waals surface area contributed by atoms with E-state index in [0.717, 1.165) is 6.92 Å². The molecule has 1 heterocycles. The van der Waals surface area contributed by atoms with Gasteiger partial charge in [-0.1, -0.05) is 34.1 Å². The number of aromatic nitrogens is 2. The highest BCUT2D eigenvalue weighted by atomic mass is 19.4. The second kappa shape index (κ2) is 10.5. The summed E-state index contributed by atoms with van der Waals surface area (Å²) in [5, 5.41) is 0. The van der Waals surface area contributed by atoms with Crippen LogP contribution in [-0.2, 0) is 7.05 Å². The van der Waals surface area contributed by atoms with Gasteiger partial charge in [0, 0.05) is 18.9 Å². The SMILES string of the molecule is CC.CCC.Cc1ccn(C)c(=NC(C)C(F)(F)F)n1. The molecule has 0 aliphatic carbocycles. The molecule has 3 nitrogen and oxygen atoms in total. The minimum atomic E-state index is -4.32. The maximum absolute atomic E-state index is 12.2. The first-order valence-electron chi connectivity index (χ1n) is 6.83. The Morgan fingerprint density at radius 2 is 1.75 bits per heavy atom. The van der Waals surface area contributed by atoms with E-state index in [1.54, 1.807) is 26.2 Å². The van der Waals surface area contributed by atoms with Gasteiger partial charge < -0.3 is 4.57 Å². The molecule has 1 aromatic rings. The van der Waals surface area contributed by atoms with Gasteiger partial charge in [-0.25, -0.2) is 9.98 Å². The minimum Gasteiger partial charge on any atom is -0.320 e. The molecule has 0 aromatic carbocycles. The molecule has 1 atom stereocenters. The molecule has 0 N–H and O–H groups in total. The normalized spacial score (nSPS) is 12.8. The molecule has 20 heavy (non-hydrogen) atoms. The monoisotopic (exact) mass is 293 g/mol. The van der Waals surface area contributed by atoms with Crippen LogP contribution < -0.4 is 5.62 Å². The Morgan fingerprint density at radius 1 is 1.30 bits per heavy atom. The van der Waals surface area contributed by atoms with Crippen molar-refractivity contribution < 1.29 is 13.2 Å². The molecule has 1 rings (SSSR count). The lowest BCUT2D eigenvalue weighted by atomic mass is 10.3. The summed E-state index contributed by atoms with van der Waals surface area (Å²) in [7, 11) is 1.61. The number of aryl methyl sites for hydroxylation is 2. The molecule has 0 amide bonds. The topological polar surface area (TPSA) is 30.2 Å². The van der Waals surface area contributed by atoms with Gasteiger partial charge in [-0.05, 0) is 19.9 Å². The summed E-state index contributed by atoms with van der Waals surface area (Å²) in [4.78, 5) is 7.44. The molecule has 0 bridgehead atoms. The molecular weight excluding hydrogens is 267 g/mol. The highest BCUT2D eigenvalue weighted by Gasteiger charge is 2.35. The van der Waals surface area contributed by atoms with Crippen LogP contribution in [0.1, 0.15) is 46.7 Å². The van der Waals surface area contributed by atoms with Crippen LogP contribution in [0.15, 0.2) is 17.3 Å². The number of hydrogen-bond acceptors (Lipinski definition) is 2. The lowest BCUT2D eigenvalue weighted by Crippen LogP contribution is -2.30. The summed E-state index contributed by atoms with van der Waals surface area (Å²) >= 11 is 0. The molecule has 0 aliphatic heterocycles. The molecule has 0 saturated heterocycles. The second-order valence-electron chi connectivity index (χ2n) is 4.03. The third-order valence-electron chi connectivity index (χ3n) is 1.91. The zero-order chi connectivity index (χ0) is 16.3. The van der Waals surface area contributed by atoms with E-state index in [9.17, 15) is 13.2 Å². The van der Waals surface area contributed by atoms with Gasteiger partial charge in [0.1, 0.15) is 6.04 Å². The van der Waals surface area contributed by atoms with E-state index in [2.05, 4.69) is 23.8 Å². The standard InChI is InChI=1S/C9H12F3N3.C3H8.C2H6/c1-6-4-5-15(3)8(13-6)14-7(2)9(10,11)12;1-3-2;1-2/h4-5,7H,1-3H3;3H2,1-2H3;1-2H3. The van der Waals surface area contributed by atoms with Crippen molar-refractivity contribution in [2.45, 2.75) is 60.2 Å². The van der Waals surface area contributed by atoms with Crippen LogP contribution in [0.4, 0.5) is 13.2 Å². The lowest BCUT2D eigenvalue weighted by molar-refractivity contribution is -0.143. The predicted molar refractivity (Wildman–Crippen MR) is 76.3 cm³/mol. The zero-order valence-electron chi connectivity index (χ0n) is 13.4. The van der Waals surface area contributed by atoms with Crippen LogP contribution in [0.3, 0.4) is 0 Å². The third-order valence-corrected chi connectivity index (χ3v) is 1.91. The summed E-state index contributed by atoms with van der Waals surface area (Å²) in [6.07, 6.45) is -1.44. The van der Waals surface area contributed by atoms with Crippen molar-refractivity contribution in [2.75, 3.05) is 0 Å². The van der Waals surface area contributed by atoms with E-state index in [-0.39, 0.29) is 5.62 Å². The Bertz CT molecular complexity index is 422. The quantitative estimate of drug-likeness (QED) is 0.769. The third kappa shape index (κ3) is 8.72. The fourth-order valence-electron chi connectivity index (χ4n) is 0.927. The van der Waals surface area contributed by atoms with Gasteiger partial charge in [0.25, 0.3) is 0 Å². The molecule has 118 valence electrons. The Balaban J connectivity index is 0. The maximum atomic E-state index is 12.2. The summed E-state index contributed by atoms with van der Waals surface area (Å²) < 4.78 is 38.2. The van der Waals surface area contributed by atoms with Crippen molar-refractivity contribution in [3.05, 3.63) is 23.6 Å². The predicted octanol–water partition coefficient (Wildman–Crippen LogP) is 4.02. The summed E-state index contributed by atoms with van der Waals surface area (Å²) in [5.41, 5.74) is 0.723. The van der Waals surface area contributed by atoms with Crippen molar-refractivity contribution >= 4 is 0 Å². The van der Waals surface area contributed by atoms with E-state index < -0.39 is 12.2 Å². The van der Waals surface area contributed by atoms with Gasteiger partial charge in [0.2, 0.25) is 5.62 Å². The van der Waals surface area contributed by atoms with Crippen molar-refractivity contribution in [1.29, 1.82) is 0 Å². The average Bonchev–Trinajstić information content (AvgIpc) is 2.36. The number of halogens is 3. The highest BCUT2D eigenvalue weighted by Crippen LogP contribution is 2.21. The van der Waals surface area contributed by atoms with Crippen molar-refractivity contribution in [2.24, 2.45) is 12.0 Å². The fourth-order valence-corrected chi connectivity index (χ4v) is 0.927. The summed E-state index contributed by atoms with van der Waals surface area (Å²) in [6.45, 7) is 11.0. The first-order valence-corrected chi connectivity index (χ1v) is 6.83. The maximum Gasteiger partial charge on any atom is 0.410 e. The van der Waals surface area contributed by atoms with Crippen molar-refractivity contribution in [1.82, 2.24) is 9.55 Å². The van der Waals surface area contributed by atoms with E-state index in [1.165, 1.54) is 11.0 Å². The van der Waals surface area contributed by atoms with Crippen LogP contribution in [0, 0.1) is 6.92 Å². The Morgan fingerprint density at radius 3 is 2.15 bits per heavy atom. The first kappa shape index (κ1) is 21.0. The van der Waals surface area contributed by atoms with Gasteiger partial charge in [-0.3, -0.25) is 0 Å². The Kier molecular flexibility index (Phi) is 11.0. The summed E-state index contributed by atoms with van der Waals surface area (Å²) in [5.74, 6) is 0. The molecule has 0 fully saturated rings. The van der Waals surface area contributed by atoms with Gasteiger partial charge >= 0.3 is 6.18 Å². The zero-order valence-corrected chi connectivity index (χ0v) is 13.4. The van der Waals surface area contributed by atoms with Crippen LogP contribution >= 0.6 is 0 Å². The highest BCUT2D eigenvalue weighted by molar-refractivity contribution is 4.94. The molecule has 1 unspecified atom stereocenters. The summed E-state index contributed by atoms with van der Waals surface area (Å²) in [6, 6.07) is -0.0323. The molecule has 0 saturated carbocycles. The molecular formula is C14H26F3N3. The van der Waals surface area contributed by atoms with Crippen molar-refractivity contribution in [3.63, 3.8) is 0 Å². The van der Waals surface area contributed by atoms with E-state index >= 15 is 0 Å². The van der Waals surface area contributed by atoms with Crippen LogP contribution in [0.25, 0.3) is 0 Å². The average molecular weight is 293 g/mol. The lowest BCUT2D eigenvalue weighted by Gasteiger charge is -2.10. The van der Waals surface area contributed by atoms with Crippen molar-refractivity contribution in [3.8, 4) is 0 Å². The van der Waals surface area contributed by atoms with Crippen LogP contribution in [0.5, 0.6) is 0 Å².